The van der Waals surface area contributed by atoms with E-state index in [2.05, 4.69) is 10.2 Å². The highest BCUT2D eigenvalue weighted by Gasteiger charge is 2.16. The quantitative estimate of drug-likeness (QED) is 0.741. The standard InChI is InChI=1S/C16H14N2O2/c1-10-3-5-11(6-4-10)16(19)15-13-9-12(20-2)7-8-14(13)17-18-15/h3-9H,1-2H3,(H,17,18). The van der Waals surface area contributed by atoms with Gasteiger partial charge < -0.3 is 4.74 Å². The lowest BCUT2D eigenvalue weighted by Gasteiger charge is -2.01. The van der Waals surface area contributed by atoms with Gasteiger partial charge in [0.15, 0.2) is 0 Å². The molecule has 0 aliphatic rings. The zero-order chi connectivity index (χ0) is 14.1. The molecule has 0 spiro atoms. The van der Waals surface area contributed by atoms with Gasteiger partial charge in [-0.15, -0.1) is 0 Å². The summed E-state index contributed by atoms with van der Waals surface area (Å²) in [6, 6.07) is 13.0. The van der Waals surface area contributed by atoms with Crippen molar-refractivity contribution in [3.05, 3.63) is 59.3 Å². The predicted molar refractivity (Wildman–Crippen MR) is 77.3 cm³/mol. The van der Waals surface area contributed by atoms with E-state index in [4.69, 9.17) is 4.74 Å². The average Bonchev–Trinajstić information content (AvgIpc) is 2.90. The number of ether oxygens (including phenoxy) is 1. The van der Waals surface area contributed by atoms with Crippen molar-refractivity contribution >= 4 is 16.7 Å². The van der Waals surface area contributed by atoms with Gasteiger partial charge >= 0.3 is 0 Å². The van der Waals surface area contributed by atoms with Gasteiger partial charge in [-0.3, -0.25) is 9.89 Å². The van der Waals surface area contributed by atoms with Crippen molar-refractivity contribution in [1.82, 2.24) is 10.2 Å². The van der Waals surface area contributed by atoms with E-state index in [1.807, 2.05) is 49.4 Å². The van der Waals surface area contributed by atoms with Crippen LogP contribution >= 0.6 is 0 Å². The highest BCUT2D eigenvalue weighted by atomic mass is 16.5. The Balaban J connectivity index is 2.09. The highest BCUT2D eigenvalue weighted by Crippen LogP contribution is 2.23. The number of fused-ring (bicyclic) bond motifs is 1. The summed E-state index contributed by atoms with van der Waals surface area (Å²) in [5, 5.41) is 7.79. The topological polar surface area (TPSA) is 55.0 Å². The van der Waals surface area contributed by atoms with E-state index < -0.39 is 0 Å². The van der Waals surface area contributed by atoms with Crippen molar-refractivity contribution in [2.45, 2.75) is 6.92 Å². The number of nitrogens with zero attached hydrogens (tertiary/aromatic N) is 1. The minimum absolute atomic E-state index is 0.0931. The number of aryl methyl sites for hydroxylation is 1. The van der Waals surface area contributed by atoms with E-state index in [0.29, 0.717) is 17.0 Å². The number of carbonyl (C=O) groups excluding carboxylic acids is 1. The zero-order valence-electron chi connectivity index (χ0n) is 11.3. The Morgan fingerprint density at radius 1 is 1.15 bits per heavy atom. The second kappa shape index (κ2) is 4.81. The summed E-state index contributed by atoms with van der Waals surface area (Å²) in [6.45, 7) is 1.99. The number of carbonyl (C=O) groups is 1. The minimum Gasteiger partial charge on any atom is -0.497 e. The number of aromatic amines is 1. The maximum atomic E-state index is 12.5. The lowest BCUT2D eigenvalue weighted by atomic mass is 10.0. The second-order valence-electron chi connectivity index (χ2n) is 4.68. The molecule has 4 heteroatoms. The van der Waals surface area contributed by atoms with Crippen molar-refractivity contribution < 1.29 is 9.53 Å². The third-order valence-electron chi connectivity index (χ3n) is 3.30. The Kier molecular flexibility index (Phi) is 2.99. The van der Waals surface area contributed by atoms with Crippen LogP contribution in [0.3, 0.4) is 0 Å². The van der Waals surface area contributed by atoms with Gasteiger partial charge in [0.1, 0.15) is 11.4 Å². The molecule has 0 aliphatic heterocycles. The summed E-state index contributed by atoms with van der Waals surface area (Å²) in [5.74, 6) is 0.612. The fourth-order valence-electron chi connectivity index (χ4n) is 2.13. The highest BCUT2D eigenvalue weighted by molar-refractivity contribution is 6.14. The van der Waals surface area contributed by atoms with Crippen LogP contribution in [-0.4, -0.2) is 23.1 Å². The van der Waals surface area contributed by atoms with Crippen LogP contribution < -0.4 is 4.74 Å². The maximum absolute atomic E-state index is 12.5. The number of nitrogens with one attached hydrogen (secondary N) is 1. The summed E-state index contributed by atoms with van der Waals surface area (Å²) in [4.78, 5) is 12.5. The first kappa shape index (κ1) is 12.4. The van der Waals surface area contributed by atoms with Gasteiger partial charge in [-0.2, -0.15) is 5.10 Å². The first-order valence-electron chi connectivity index (χ1n) is 6.32. The predicted octanol–water partition coefficient (Wildman–Crippen LogP) is 3.11. The van der Waals surface area contributed by atoms with Gasteiger partial charge in [0, 0.05) is 10.9 Å². The molecule has 0 unspecified atom stereocenters. The molecule has 1 aromatic heterocycles. The lowest BCUT2D eigenvalue weighted by molar-refractivity contribution is 0.103. The van der Waals surface area contributed by atoms with Crippen LogP contribution in [0.2, 0.25) is 0 Å². The SMILES string of the molecule is COc1ccc2[nH]nc(C(=O)c3ccc(C)cc3)c2c1. The van der Waals surface area contributed by atoms with Crippen LogP contribution in [0.5, 0.6) is 5.75 Å². The summed E-state index contributed by atoms with van der Waals surface area (Å²) < 4.78 is 5.19. The van der Waals surface area contributed by atoms with Gasteiger partial charge in [-0.05, 0) is 25.1 Å². The van der Waals surface area contributed by atoms with Crippen molar-refractivity contribution in [3.63, 3.8) is 0 Å². The minimum atomic E-state index is -0.0931. The van der Waals surface area contributed by atoms with Crippen LogP contribution in [0.15, 0.2) is 42.5 Å². The van der Waals surface area contributed by atoms with Crippen molar-refractivity contribution in [2.75, 3.05) is 7.11 Å². The molecule has 0 fully saturated rings. The first-order valence-corrected chi connectivity index (χ1v) is 6.32. The molecule has 4 nitrogen and oxygen atoms in total. The fraction of sp³-hybridized carbons (Fsp3) is 0.125. The number of methoxy groups -OCH3 is 1. The van der Waals surface area contributed by atoms with Crippen molar-refractivity contribution in [2.24, 2.45) is 0 Å². The number of hydrogen-bond donors (Lipinski definition) is 1. The Hall–Kier alpha value is -2.62. The molecule has 20 heavy (non-hydrogen) atoms. The molecule has 1 heterocycles. The van der Waals surface area contributed by atoms with Crippen LogP contribution in [-0.2, 0) is 0 Å². The molecule has 0 bridgehead atoms. The second-order valence-corrected chi connectivity index (χ2v) is 4.68. The molecule has 3 rings (SSSR count). The molecular formula is C16H14N2O2. The third-order valence-corrected chi connectivity index (χ3v) is 3.30. The van der Waals surface area contributed by atoms with E-state index in [-0.39, 0.29) is 5.78 Å². The number of rotatable bonds is 3. The molecule has 100 valence electrons. The normalized spacial score (nSPS) is 10.7. The average molecular weight is 266 g/mol. The third kappa shape index (κ3) is 2.05. The molecule has 3 aromatic rings. The number of aromatic nitrogens is 2. The summed E-state index contributed by atoms with van der Waals surface area (Å²) in [5.41, 5.74) is 2.99. The zero-order valence-corrected chi connectivity index (χ0v) is 11.3. The molecule has 1 N–H and O–H groups in total. The maximum Gasteiger partial charge on any atom is 0.213 e. The molecule has 2 aromatic carbocycles. The van der Waals surface area contributed by atoms with Crippen LogP contribution in [0.4, 0.5) is 0 Å². The Morgan fingerprint density at radius 3 is 2.60 bits per heavy atom. The van der Waals surface area contributed by atoms with E-state index in [9.17, 15) is 4.79 Å². The van der Waals surface area contributed by atoms with E-state index in [1.54, 1.807) is 7.11 Å². The Bertz CT molecular complexity index is 773. The lowest BCUT2D eigenvalue weighted by Crippen LogP contribution is -2.02. The van der Waals surface area contributed by atoms with E-state index in [0.717, 1.165) is 16.5 Å². The molecular weight excluding hydrogens is 252 g/mol. The molecule has 0 atom stereocenters. The summed E-state index contributed by atoms with van der Waals surface area (Å²) in [6.07, 6.45) is 0. The molecule has 0 aliphatic carbocycles. The van der Waals surface area contributed by atoms with Gasteiger partial charge in [-0.25, -0.2) is 0 Å². The van der Waals surface area contributed by atoms with Crippen LogP contribution in [0.25, 0.3) is 10.9 Å². The fourth-order valence-corrected chi connectivity index (χ4v) is 2.13. The van der Waals surface area contributed by atoms with Crippen LogP contribution in [0, 0.1) is 6.92 Å². The molecule has 0 radical (unpaired) electrons. The summed E-state index contributed by atoms with van der Waals surface area (Å²) in [7, 11) is 1.60. The monoisotopic (exact) mass is 266 g/mol. The number of H-pyrrole nitrogens is 1. The van der Waals surface area contributed by atoms with Gasteiger partial charge in [-0.1, -0.05) is 29.8 Å². The van der Waals surface area contributed by atoms with E-state index in [1.165, 1.54) is 0 Å². The summed E-state index contributed by atoms with van der Waals surface area (Å²) >= 11 is 0. The van der Waals surface area contributed by atoms with Gasteiger partial charge in [0.05, 0.1) is 12.6 Å². The Labute approximate surface area is 116 Å². The van der Waals surface area contributed by atoms with Crippen molar-refractivity contribution in [1.29, 1.82) is 0 Å². The van der Waals surface area contributed by atoms with Crippen molar-refractivity contribution in [3.8, 4) is 5.75 Å². The van der Waals surface area contributed by atoms with Gasteiger partial charge in [0.2, 0.25) is 5.78 Å². The van der Waals surface area contributed by atoms with E-state index >= 15 is 0 Å². The first-order chi connectivity index (χ1) is 9.69. The smallest absolute Gasteiger partial charge is 0.213 e. The number of benzene rings is 2. The molecule has 0 saturated heterocycles. The number of hydrogen-bond acceptors (Lipinski definition) is 3. The van der Waals surface area contributed by atoms with Gasteiger partial charge in [0.25, 0.3) is 0 Å². The largest absolute Gasteiger partial charge is 0.497 e. The van der Waals surface area contributed by atoms with Crippen LogP contribution in [0.1, 0.15) is 21.6 Å². The number of ketones is 1. The molecule has 0 saturated carbocycles. The Morgan fingerprint density at radius 2 is 1.90 bits per heavy atom. The molecule has 0 amide bonds.